The van der Waals surface area contributed by atoms with Gasteiger partial charge in [-0.25, -0.2) is 9.78 Å². The minimum absolute atomic E-state index is 0.0435. The van der Waals surface area contributed by atoms with Gasteiger partial charge >= 0.3 is 12.1 Å². The minimum atomic E-state index is -0.695. The fourth-order valence-corrected chi connectivity index (χ4v) is 2.94. The van der Waals surface area contributed by atoms with Crippen LogP contribution >= 0.6 is 11.6 Å². The molecule has 1 amide bonds. The van der Waals surface area contributed by atoms with E-state index >= 15 is 0 Å². The lowest BCUT2D eigenvalue weighted by molar-refractivity contribution is -0.145. The number of nitrogens with zero attached hydrogens (tertiary/aromatic N) is 1. The molecule has 30 heavy (non-hydrogen) atoms. The van der Waals surface area contributed by atoms with Crippen molar-refractivity contribution < 1.29 is 19.1 Å². The Bertz CT molecular complexity index is 1010. The number of aromatic amines is 1. The van der Waals surface area contributed by atoms with Crippen LogP contribution in [-0.4, -0.2) is 29.1 Å². The Kier molecular flexibility index (Phi) is 7.05. The Hall–Kier alpha value is -3.36. The van der Waals surface area contributed by atoms with E-state index in [1.807, 2.05) is 30.3 Å². The molecule has 0 saturated carbocycles. The number of H-pyrrole nitrogens is 1. The van der Waals surface area contributed by atoms with Crippen molar-refractivity contribution in [2.75, 3.05) is 12.4 Å². The van der Waals surface area contributed by atoms with Gasteiger partial charge in [0, 0.05) is 11.3 Å². The van der Waals surface area contributed by atoms with Gasteiger partial charge in [-0.1, -0.05) is 54.1 Å². The Labute approximate surface area is 178 Å². The molecule has 0 aliphatic rings. The summed E-state index contributed by atoms with van der Waals surface area (Å²) in [5, 5.41) is 2.86. The number of hydrogen-bond donors (Lipinski definition) is 3. The first-order valence-corrected chi connectivity index (χ1v) is 9.50. The average Bonchev–Trinajstić information content (AvgIpc) is 3.15. The number of benzene rings is 2. The molecule has 3 aromatic rings. The van der Waals surface area contributed by atoms with Crippen molar-refractivity contribution in [1.82, 2.24) is 9.97 Å². The molecule has 0 spiro atoms. The number of aromatic nitrogens is 2. The van der Waals surface area contributed by atoms with Gasteiger partial charge in [-0.3, -0.25) is 10.1 Å². The van der Waals surface area contributed by atoms with Crippen LogP contribution in [0.25, 0.3) is 11.3 Å². The van der Waals surface area contributed by atoms with Gasteiger partial charge in [-0.15, -0.1) is 0 Å². The Morgan fingerprint density at radius 2 is 1.87 bits per heavy atom. The van der Waals surface area contributed by atoms with Gasteiger partial charge in [0.05, 0.1) is 19.6 Å². The first-order chi connectivity index (χ1) is 14.5. The number of anilines is 1. The molecule has 1 aromatic heterocycles. The van der Waals surface area contributed by atoms with Gasteiger partial charge < -0.3 is 20.2 Å². The zero-order valence-corrected chi connectivity index (χ0v) is 17.0. The van der Waals surface area contributed by atoms with Gasteiger partial charge in [0.2, 0.25) is 0 Å². The molecule has 0 fully saturated rings. The fourth-order valence-electron chi connectivity index (χ4n) is 2.69. The lowest BCUT2D eigenvalue weighted by Gasteiger charge is -2.09. The predicted octanol–water partition coefficient (Wildman–Crippen LogP) is 4.04. The van der Waals surface area contributed by atoms with Crippen molar-refractivity contribution in [2.24, 2.45) is 5.73 Å². The number of nitrogens with two attached hydrogens (primary N) is 1. The summed E-state index contributed by atoms with van der Waals surface area (Å²) in [6, 6.07) is 15.6. The average molecular weight is 429 g/mol. The third kappa shape index (κ3) is 5.59. The highest BCUT2D eigenvalue weighted by atomic mass is 35.5. The van der Waals surface area contributed by atoms with Gasteiger partial charge in [0.25, 0.3) is 0 Å². The van der Waals surface area contributed by atoms with Gasteiger partial charge in [0.15, 0.2) is 0 Å². The molecule has 4 N–H and O–H groups in total. The summed E-state index contributed by atoms with van der Waals surface area (Å²) in [5.41, 5.74) is 8.78. The molecule has 0 unspecified atom stereocenters. The molecule has 0 aliphatic carbocycles. The molecule has 2 aromatic carbocycles. The van der Waals surface area contributed by atoms with E-state index in [4.69, 9.17) is 22.1 Å². The second-order valence-corrected chi connectivity index (χ2v) is 6.81. The summed E-state index contributed by atoms with van der Waals surface area (Å²) >= 11 is 6.27. The highest BCUT2D eigenvalue weighted by Gasteiger charge is 2.19. The number of halogens is 1. The molecular formula is C21H21ClN4O4. The van der Waals surface area contributed by atoms with Crippen LogP contribution in [0, 0.1) is 0 Å². The van der Waals surface area contributed by atoms with Crippen LogP contribution in [0.1, 0.15) is 23.9 Å². The third-order valence-corrected chi connectivity index (χ3v) is 4.52. The van der Waals surface area contributed by atoms with Crippen molar-refractivity contribution in [1.29, 1.82) is 0 Å². The summed E-state index contributed by atoms with van der Waals surface area (Å²) in [7, 11) is 1.29. The van der Waals surface area contributed by atoms with Crippen molar-refractivity contribution in [3.63, 3.8) is 0 Å². The second-order valence-electron chi connectivity index (χ2n) is 6.44. The highest BCUT2D eigenvalue weighted by Crippen LogP contribution is 2.28. The highest BCUT2D eigenvalue weighted by molar-refractivity contribution is 6.31. The van der Waals surface area contributed by atoms with E-state index < -0.39 is 18.1 Å². The van der Waals surface area contributed by atoms with Crippen molar-refractivity contribution >= 4 is 29.4 Å². The minimum Gasteiger partial charge on any atom is -0.461 e. The van der Waals surface area contributed by atoms with Crippen LogP contribution in [0.15, 0.2) is 54.6 Å². The van der Waals surface area contributed by atoms with E-state index in [0.717, 1.165) is 11.1 Å². The number of ether oxygens (including phenoxy) is 2. The molecule has 3 rings (SSSR count). The molecular weight excluding hydrogens is 408 g/mol. The van der Waals surface area contributed by atoms with Crippen LogP contribution in [-0.2, 0) is 20.9 Å². The Morgan fingerprint density at radius 1 is 1.17 bits per heavy atom. The molecule has 0 bridgehead atoms. The Balaban J connectivity index is 1.62. The lowest BCUT2D eigenvalue weighted by Crippen LogP contribution is -2.18. The standard InChI is InChI=1S/C21H21ClN4O4/c1-29-21(28)24-15-9-7-14(8-10-15)18-19(22)26-20(25-18)16(23)11-17(27)30-12-13-5-3-2-4-6-13/h2-10,16H,11-12,23H2,1H3,(H,24,28)(H,25,26)/t16-/m0/s1. The Morgan fingerprint density at radius 3 is 2.53 bits per heavy atom. The number of imidazole rings is 1. The van der Waals surface area contributed by atoms with Gasteiger partial charge in [0.1, 0.15) is 23.3 Å². The maximum atomic E-state index is 12.1. The van der Waals surface area contributed by atoms with E-state index in [-0.39, 0.29) is 13.0 Å². The number of carbonyl (C=O) groups excluding carboxylic acids is 2. The number of amides is 1. The number of carbonyl (C=O) groups is 2. The molecule has 0 radical (unpaired) electrons. The summed E-state index contributed by atoms with van der Waals surface area (Å²) in [4.78, 5) is 30.7. The summed E-state index contributed by atoms with van der Waals surface area (Å²) in [6.07, 6.45) is -0.606. The maximum absolute atomic E-state index is 12.1. The van der Waals surface area contributed by atoms with Crippen LogP contribution in [0.5, 0.6) is 0 Å². The van der Waals surface area contributed by atoms with E-state index in [9.17, 15) is 9.59 Å². The van der Waals surface area contributed by atoms with Crippen LogP contribution in [0.3, 0.4) is 0 Å². The zero-order valence-electron chi connectivity index (χ0n) is 16.2. The monoisotopic (exact) mass is 428 g/mol. The van der Waals surface area contributed by atoms with E-state index in [1.165, 1.54) is 7.11 Å². The van der Waals surface area contributed by atoms with Crippen molar-refractivity contribution in [3.8, 4) is 11.3 Å². The summed E-state index contributed by atoms with van der Waals surface area (Å²) < 4.78 is 9.81. The lowest BCUT2D eigenvalue weighted by atomic mass is 10.1. The van der Waals surface area contributed by atoms with Gasteiger partial charge in [-0.2, -0.15) is 0 Å². The largest absolute Gasteiger partial charge is 0.461 e. The molecule has 0 aliphatic heterocycles. The number of nitrogens with one attached hydrogen (secondary N) is 2. The van der Waals surface area contributed by atoms with Gasteiger partial charge in [-0.05, 0) is 17.7 Å². The maximum Gasteiger partial charge on any atom is 0.411 e. The molecule has 0 saturated heterocycles. The first kappa shape index (κ1) is 21.4. The van der Waals surface area contributed by atoms with Crippen LogP contribution < -0.4 is 11.1 Å². The fraction of sp³-hybridized carbons (Fsp3) is 0.190. The first-order valence-electron chi connectivity index (χ1n) is 9.12. The predicted molar refractivity (Wildman–Crippen MR) is 113 cm³/mol. The summed E-state index contributed by atoms with van der Waals surface area (Å²) in [6.45, 7) is 0.183. The zero-order chi connectivity index (χ0) is 21.5. The third-order valence-electron chi connectivity index (χ3n) is 4.25. The van der Waals surface area contributed by atoms with Crippen molar-refractivity contribution in [2.45, 2.75) is 19.1 Å². The van der Waals surface area contributed by atoms with Crippen molar-refractivity contribution in [3.05, 3.63) is 71.1 Å². The second kappa shape index (κ2) is 9.91. The summed E-state index contributed by atoms with van der Waals surface area (Å²) in [5.74, 6) is -0.0536. The number of methoxy groups -OCH3 is 1. The quantitative estimate of drug-likeness (QED) is 0.488. The number of hydrogen-bond acceptors (Lipinski definition) is 6. The molecule has 8 nitrogen and oxygen atoms in total. The van der Waals surface area contributed by atoms with E-state index in [1.54, 1.807) is 24.3 Å². The SMILES string of the molecule is COC(=O)Nc1ccc(-c2nc([C@@H](N)CC(=O)OCc3ccccc3)[nH]c2Cl)cc1. The smallest absolute Gasteiger partial charge is 0.411 e. The van der Waals surface area contributed by atoms with Crippen LogP contribution in [0.4, 0.5) is 10.5 Å². The molecule has 1 heterocycles. The van der Waals surface area contributed by atoms with E-state index in [0.29, 0.717) is 22.4 Å². The molecule has 1 atom stereocenters. The molecule has 156 valence electrons. The topological polar surface area (TPSA) is 119 Å². The van der Waals surface area contributed by atoms with Crippen LogP contribution in [0.2, 0.25) is 5.15 Å². The number of esters is 1. The van der Waals surface area contributed by atoms with E-state index in [2.05, 4.69) is 20.0 Å². The number of rotatable bonds is 7. The molecule has 9 heteroatoms. The normalized spacial score (nSPS) is 11.6.